The molecule has 19 heavy (non-hydrogen) atoms. The lowest BCUT2D eigenvalue weighted by molar-refractivity contribution is -0.115. The molecule has 0 bridgehead atoms. The lowest BCUT2D eigenvalue weighted by Crippen LogP contribution is -2.28. The standard InChI is InChI=1S/C15H17N3O/c1-3-9-16-10-14(19)18-13-6-4-5-12-8-7-11(2)17-15(12)13/h3-8,16H,1,9-10H2,2H3,(H,18,19). The number of nitrogens with one attached hydrogen (secondary N) is 2. The van der Waals surface area contributed by atoms with E-state index in [-0.39, 0.29) is 12.5 Å². The highest BCUT2D eigenvalue weighted by Crippen LogP contribution is 2.21. The van der Waals surface area contributed by atoms with Crippen LogP contribution >= 0.6 is 0 Å². The molecule has 98 valence electrons. The second-order valence-corrected chi connectivity index (χ2v) is 4.30. The average Bonchev–Trinajstić information content (AvgIpc) is 2.40. The first kappa shape index (κ1) is 13.2. The molecule has 4 heteroatoms. The van der Waals surface area contributed by atoms with Crippen molar-refractivity contribution in [2.24, 2.45) is 0 Å². The number of rotatable bonds is 5. The van der Waals surface area contributed by atoms with Crippen molar-refractivity contribution in [3.63, 3.8) is 0 Å². The third kappa shape index (κ3) is 3.39. The predicted octanol–water partition coefficient (Wildman–Crippen LogP) is 2.26. The van der Waals surface area contributed by atoms with Gasteiger partial charge in [0.2, 0.25) is 5.91 Å². The minimum Gasteiger partial charge on any atom is -0.323 e. The number of hydrogen-bond donors (Lipinski definition) is 2. The van der Waals surface area contributed by atoms with Crippen molar-refractivity contribution in [1.82, 2.24) is 10.3 Å². The molecule has 0 saturated heterocycles. The van der Waals surface area contributed by atoms with Crippen LogP contribution < -0.4 is 10.6 Å². The summed E-state index contributed by atoms with van der Waals surface area (Å²) in [6, 6.07) is 9.71. The number of pyridine rings is 1. The van der Waals surface area contributed by atoms with Gasteiger partial charge in [-0.2, -0.15) is 0 Å². The Morgan fingerprint density at radius 2 is 2.21 bits per heavy atom. The molecule has 2 N–H and O–H groups in total. The van der Waals surface area contributed by atoms with E-state index in [0.29, 0.717) is 6.54 Å². The van der Waals surface area contributed by atoms with Gasteiger partial charge >= 0.3 is 0 Å². The summed E-state index contributed by atoms with van der Waals surface area (Å²) >= 11 is 0. The molecular formula is C15H17N3O. The van der Waals surface area contributed by atoms with E-state index in [1.54, 1.807) is 6.08 Å². The van der Waals surface area contributed by atoms with Crippen molar-refractivity contribution in [2.45, 2.75) is 6.92 Å². The van der Waals surface area contributed by atoms with Crippen LogP contribution in [0, 0.1) is 6.92 Å². The summed E-state index contributed by atoms with van der Waals surface area (Å²) in [6.45, 7) is 6.39. The average molecular weight is 255 g/mol. The zero-order chi connectivity index (χ0) is 13.7. The number of hydrogen-bond acceptors (Lipinski definition) is 3. The van der Waals surface area contributed by atoms with Crippen molar-refractivity contribution in [3.05, 3.63) is 48.7 Å². The Morgan fingerprint density at radius 1 is 1.37 bits per heavy atom. The van der Waals surface area contributed by atoms with Gasteiger partial charge in [-0.25, -0.2) is 0 Å². The molecule has 0 spiro atoms. The molecule has 0 atom stereocenters. The monoisotopic (exact) mass is 255 g/mol. The van der Waals surface area contributed by atoms with Gasteiger partial charge in [-0.05, 0) is 19.1 Å². The lowest BCUT2D eigenvalue weighted by atomic mass is 10.1. The Hall–Kier alpha value is -2.20. The lowest BCUT2D eigenvalue weighted by Gasteiger charge is -2.08. The summed E-state index contributed by atoms with van der Waals surface area (Å²) in [5.41, 5.74) is 2.49. The number of aryl methyl sites for hydroxylation is 1. The molecule has 1 aromatic heterocycles. The Kier molecular flexibility index (Phi) is 4.26. The van der Waals surface area contributed by atoms with E-state index in [2.05, 4.69) is 22.2 Å². The van der Waals surface area contributed by atoms with E-state index in [4.69, 9.17) is 0 Å². The zero-order valence-electron chi connectivity index (χ0n) is 10.9. The van der Waals surface area contributed by atoms with E-state index < -0.39 is 0 Å². The van der Waals surface area contributed by atoms with E-state index in [1.165, 1.54) is 0 Å². The van der Waals surface area contributed by atoms with Gasteiger partial charge in [-0.3, -0.25) is 9.78 Å². The van der Waals surface area contributed by atoms with Crippen LogP contribution in [0.15, 0.2) is 43.0 Å². The molecular weight excluding hydrogens is 238 g/mol. The van der Waals surface area contributed by atoms with Gasteiger partial charge < -0.3 is 10.6 Å². The summed E-state index contributed by atoms with van der Waals surface area (Å²) in [7, 11) is 0. The van der Waals surface area contributed by atoms with Crippen LogP contribution in [0.3, 0.4) is 0 Å². The Bertz CT molecular complexity index is 607. The molecule has 0 unspecified atom stereocenters. The number of carbonyl (C=O) groups excluding carboxylic acids is 1. The van der Waals surface area contributed by atoms with Gasteiger partial charge in [0.15, 0.2) is 0 Å². The molecule has 4 nitrogen and oxygen atoms in total. The van der Waals surface area contributed by atoms with Gasteiger partial charge in [0.05, 0.1) is 17.7 Å². The third-order valence-electron chi connectivity index (χ3n) is 2.71. The topological polar surface area (TPSA) is 54.0 Å². The number of para-hydroxylation sites is 1. The number of anilines is 1. The number of carbonyl (C=O) groups is 1. The van der Waals surface area contributed by atoms with Crippen molar-refractivity contribution in [3.8, 4) is 0 Å². The highest BCUT2D eigenvalue weighted by molar-refractivity contribution is 6.00. The Morgan fingerprint density at radius 3 is 3.00 bits per heavy atom. The summed E-state index contributed by atoms with van der Waals surface area (Å²) in [5.74, 6) is -0.0855. The number of benzene rings is 1. The van der Waals surface area contributed by atoms with E-state index >= 15 is 0 Å². The van der Waals surface area contributed by atoms with Crippen LogP contribution in [-0.4, -0.2) is 24.0 Å². The minimum absolute atomic E-state index is 0.0855. The second kappa shape index (κ2) is 6.11. The maximum atomic E-state index is 11.8. The third-order valence-corrected chi connectivity index (χ3v) is 2.71. The fourth-order valence-electron chi connectivity index (χ4n) is 1.83. The highest BCUT2D eigenvalue weighted by atomic mass is 16.1. The number of nitrogens with zero attached hydrogens (tertiary/aromatic N) is 1. The largest absolute Gasteiger partial charge is 0.323 e. The number of fused-ring (bicyclic) bond motifs is 1. The summed E-state index contributed by atoms with van der Waals surface area (Å²) in [6.07, 6.45) is 1.72. The Balaban J connectivity index is 2.18. The van der Waals surface area contributed by atoms with Gasteiger partial charge in [-0.15, -0.1) is 6.58 Å². The van der Waals surface area contributed by atoms with Gasteiger partial charge in [0.1, 0.15) is 0 Å². The zero-order valence-corrected chi connectivity index (χ0v) is 10.9. The molecule has 0 aliphatic carbocycles. The van der Waals surface area contributed by atoms with Crippen molar-refractivity contribution < 1.29 is 4.79 Å². The molecule has 0 aliphatic heterocycles. The number of aromatic nitrogens is 1. The normalized spacial score (nSPS) is 10.4. The smallest absolute Gasteiger partial charge is 0.238 e. The SMILES string of the molecule is C=CCNCC(=O)Nc1cccc2ccc(C)nc12. The fraction of sp³-hybridized carbons (Fsp3) is 0.200. The highest BCUT2D eigenvalue weighted by Gasteiger charge is 2.06. The molecule has 0 radical (unpaired) electrons. The molecule has 1 amide bonds. The molecule has 2 rings (SSSR count). The molecule has 1 aromatic carbocycles. The quantitative estimate of drug-likeness (QED) is 0.636. The summed E-state index contributed by atoms with van der Waals surface area (Å²) in [4.78, 5) is 16.3. The van der Waals surface area contributed by atoms with Crippen LogP contribution in [0.2, 0.25) is 0 Å². The minimum atomic E-state index is -0.0855. The first-order chi connectivity index (χ1) is 9.20. The number of amides is 1. The molecule has 0 aliphatic rings. The van der Waals surface area contributed by atoms with Crippen LogP contribution in [0.25, 0.3) is 10.9 Å². The first-order valence-electron chi connectivity index (χ1n) is 6.18. The second-order valence-electron chi connectivity index (χ2n) is 4.30. The molecule has 0 saturated carbocycles. The van der Waals surface area contributed by atoms with Crippen molar-refractivity contribution in [1.29, 1.82) is 0 Å². The maximum absolute atomic E-state index is 11.8. The van der Waals surface area contributed by atoms with E-state index in [9.17, 15) is 4.79 Å². The van der Waals surface area contributed by atoms with Crippen molar-refractivity contribution >= 4 is 22.5 Å². The molecule has 2 aromatic rings. The maximum Gasteiger partial charge on any atom is 0.238 e. The predicted molar refractivity (Wildman–Crippen MR) is 78.2 cm³/mol. The van der Waals surface area contributed by atoms with Gasteiger partial charge in [-0.1, -0.05) is 24.3 Å². The fourth-order valence-corrected chi connectivity index (χ4v) is 1.83. The molecule has 1 heterocycles. The van der Waals surface area contributed by atoms with Crippen LogP contribution in [-0.2, 0) is 4.79 Å². The van der Waals surface area contributed by atoms with Gasteiger partial charge in [0, 0.05) is 17.6 Å². The Labute approximate surface area is 112 Å². The van der Waals surface area contributed by atoms with Crippen LogP contribution in [0.4, 0.5) is 5.69 Å². The van der Waals surface area contributed by atoms with Crippen molar-refractivity contribution in [2.75, 3.05) is 18.4 Å². The molecule has 0 fully saturated rings. The van der Waals surface area contributed by atoms with Gasteiger partial charge in [0.25, 0.3) is 0 Å². The van der Waals surface area contributed by atoms with Crippen LogP contribution in [0.1, 0.15) is 5.69 Å². The first-order valence-corrected chi connectivity index (χ1v) is 6.18. The van der Waals surface area contributed by atoms with E-state index in [1.807, 2.05) is 37.3 Å². The summed E-state index contributed by atoms with van der Waals surface area (Å²) < 4.78 is 0. The van der Waals surface area contributed by atoms with Crippen LogP contribution in [0.5, 0.6) is 0 Å². The van der Waals surface area contributed by atoms with E-state index in [0.717, 1.165) is 22.3 Å². The summed E-state index contributed by atoms with van der Waals surface area (Å²) in [5, 5.41) is 6.85.